The summed E-state index contributed by atoms with van der Waals surface area (Å²) in [5.74, 6) is -0.0419. The molecule has 120 valence electrons. The molecule has 0 amide bonds. The van der Waals surface area contributed by atoms with E-state index in [2.05, 4.69) is 20.5 Å². The number of hydrogen-bond donors (Lipinski definition) is 2. The highest BCUT2D eigenvalue weighted by Crippen LogP contribution is 2.23. The van der Waals surface area contributed by atoms with E-state index in [1.807, 2.05) is 12.2 Å². The number of halogens is 2. The van der Waals surface area contributed by atoms with Gasteiger partial charge in [0.05, 0.1) is 23.3 Å². The second-order valence-corrected chi connectivity index (χ2v) is 5.53. The first kappa shape index (κ1) is 14.6. The number of aromatic amines is 1. The van der Waals surface area contributed by atoms with E-state index in [1.165, 1.54) is 18.2 Å². The molecule has 1 aliphatic heterocycles. The summed E-state index contributed by atoms with van der Waals surface area (Å²) < 4.78 is 27.2. The number of amidine groups is 1. The Morgan fingerprint density at radius 2 is 1.88 bits per heavy atom. The predicted molar refractivity (Wildman–Crippen MR) is 90.8 cm³/mol. The van der Waals surface area contributed by atoms with Crippen molar-refractivity contribution in [3.8, 4) is 0 Å². The zero-order valence-electron chi connectivity index (χ0n) is 12.7. The summed E-state index contributed by atoms with van der Waals surface area (Å²) in [5.41, 5.74) is 2.61. The summed E-state index contributed by atoms with van der Waals surface area (Å²) in [7, 11) is 0. The van der Waals surface area contributed by atoms with Gasteiger partial charge in [0.15, 0.2) is 0 Å². The third-order valence-electron chi connectivity index (χ3n) is 3.91. The van der Waals surface area contributed by atoms with Crippen LogP contribution in [-0.4, -0.2) is 29.1 Å². The van der Waals surface area contributed by atoms with E-state index in [0.29, 0.717) is 29.2 Å². The summed E-state index contributed by atoms with van der Waals surface area (Å²) in [6, 6.07) is 9.34. The third-order valence-corrected chi connectivity index (χ3v) is 3.91. The highest BCUT2D eigenvalue weighted by Gasteiger charge is 2.16. The van der Waals surface area contributed by atoms with Gasteiger partial charge in [0, 0.05) is 18.0 Å². The van der Waals surface area contributed by atoms with E-state index in [-0.39, 0.29) is 11.6 Å². The molecule has 2 aromatic carbocycles. The van der Waals surface area contributed by atoms with Gasteiger partial charge in [0.1, 0.15) is 17.5 Å². The Balaban J connectivity index is 1.73. The molecule has 0 aliphatic carbocycles. The van der Waals surface area contributed by atoms with Crippen molar-refractivity contribution in [2.45, 2.75) is 0 Å². The summed E-state index contributed by atoms with van der Waals surface area (Å²) in [6.45, 7) is 1.37. The molecule has 1 aromatic heterocycles. The van der Waals surface area contributed by atoms with Crippen LogP contribution in [0.4, 0.5) is 8.78 Å². The first-order chi connectivity index (χ1) is 11.7. The van der Waals surface area contributed by atoms with Crippen LogP contribution in [0, 0.1) is 11.6 Å². The monoisotopic (exact) mass is 324 g/mol. The van der Waals surface area contributed by atoms with E-state index >= 15 is 0 Å². The predicted octanol–water partition coefficient (Wildman–Crippen LogP) is 3.36. The van der Waals surface area contributed by atoms with Crippen LogP contribution in [0.15, 0.2) is 41.4 Å². The smallest absolute Gasteiger partial charge is 0.136 e. The molecule has 0 fully saturated rings. The number of nitrogens with zero attached hydrogens (tertiary/aromatic N) is 2. The van der Waals surface area contributed by atoms with Gasteiger partial charge in [0.2, 0.25) is 0 Å². The SMILES string of the molecule is Fc1ccc(/C=C/c2n[nH]c3cc(F)c(C4=NCCN4)cc23)cc1. The van der Waals surface area contributed by atoms with Crippen molar-refractivity contribution < 1.29 is 8.78 Å². The second kappa shape index (κ2) is 5.88. The molecule has 4 rings (SSSR count). The standard InChI is InChI=1S/C18H14F2N4/c19-12-4-1-11(2-5-12)3-6-16-14-9-13(18-21-7-8-22-18)15(20)10-17(14)24-23-16/h1-6,9-10H,7-8H2,(H,21,22)(H,23,24)/b6-3+. The molecule has 6 heteroatoms. The van der Waals surface area contributed by atoms with E-state index in [0.717, 1.165) is 17.5 Å². The molecule has 24 heavy (non-hydrogen) atoms. The molecular formula is C18H14F2N4. The van der Waals surface area contributed by atoms with E-state index in [9.17, 15) is 8.78 Å². The Morgan fingerprint density at radius 1 is 1.04 bits per heavy atom. The van der Waals surface area contributed by atoms with Gasteiger partial charge < -0.3 is 5.32 Å². The number of aliphatic imine (C=N–C) groups is 1. The van der Waals surface area contributed by atoms with Crippen molar-refractivity contribution in [1.82, 2.24) is 15.5 Å². The number of benzene rings is 2. The lowest BCUT2D eigenvalue weighted by molar-refractivity contribution is 0.626. The summed E-state index contributed by atoms with van der Waals surface area (Å²) in [5, 5.41) is 10.9. The zero-order chi connectivity index (χ0) is 16.5. The van der Waals surface area contributed by atoms with Crippen LogP contribution in [0.25, 0.3) is 23.1 Å². The highest BCUT2D eigenvalue weighted by atomic mass is 19.1. The van der Waals surface area contributed by atoms with Crippen molar-refractivity contribution in [2.24, 2.45) is 4.99 Å². The fourth-order valence-electron chi connectivity index (χ4n) is 2.69. The Kier molecular flexibility index (Phi) is 3.57. The number of aromatic nitrogens is 2. The van der Waals surface area contributed by atoms with Crippen LogP contribution in [0.3, 0.4) is 0 Å². The summed E-state index contributed by atoms with van der Waals surface area (Å²) in [4.78, 5) is 4.27. The molecule has 0 unspecified atom stereocenters. The minimum Gasteiger partial charge on any atom is -0.368 e. The quantitative estimate of drug-likeness (QED) is 0.776. The van der Waals surface area contributed by atoms with Crippen LogP contribution in [0.5, 0.6) is 0 Å². The van der Waals surface area contributed by atoms with Crippen molar-refractivity contribution >= 4 is 28.9 Å². The Morgan fingerprint density at radius 3 is 2.62 bits per heavy atom. The average Bonchev–Trinajstić information content (AvgIpc) is 3.23. The molecule has 0 saturated heterocycles. The van der Waals surface area contributed by atoms with Crippen LogP contribution in [0.2, 0.25) is 0 Å². The lowest BCUT2D eigenvalue weighted by Gasteiger charge is -2.04. The molecule has 0 bridgehead atoms. The van der Waals surface area contributed by atoms with Gasteiger partial charge in [-0.15, -0.1) is 0 Å². The fraction of sp³-hybridized carbons (Fsp3) is 0.111. The lowest BCUT2D eigenvalue weighted by Crippen LogP contribution is -2.20. The normalized spacial score (nSPS) is 14.3. The van der Waals surface area contributed by atoms with Gasteiger partial charge in [-0.05, 0) is 29.8 Å². The molecule has 2 N–H and O–H groups in total. The van der Waals surface area contributed by atoms with E-state index in [1.54, 1.807) is 18.2 Å². The van der Waals surface area contributed by atoms with Gasteiger partial charge in [-0.1, -0.05) is 18.2 Å². The maximum Gasteiger partial charge on any atom is 0.136 e. The largest absolute Gasteiger partial charge is 0.368 e. The van der Waals surface area contributed by atoms with Gasteiger partial charge in [0.25, 0.3) is 0 Å². The highest BCUT2D eigenvalue weighted by molar-refractivity contribution is 6.03. The van der Waals surface area contributed by atoms with Crippen LogP contribution in [0.1, 0.15) is 16.8 Å². The number of rotatable bonds is 3. The van der Waals surface area contributed by atoms with Crippen molar-refractivity contribution in [2.75, 3.05) is 13.1 Å². The van der Waals surface area contributed by atoms with Crippen molar-refractivity contribution in [1.29, 1.82) is 0 Å². The molecule has 2 heterocycles. The lowest BCUT2D eigenvalue weighted by atomic mass is 10.1. The van der Waals surface area contributed by atoms with Gasteiger partial charge in [-0.3, -0.25) is 10.1 Å². The zero-order valence-corrected chi connectivity index (χ0v) is 12.7. The van der Waals surface area contributed by atoms with E-state index in [4.69, 9.17) is 0 Å². The maximum atomic E-state index is 14.2. The van der Waals surface area contributed by atoms with Crippen LogP contribution >= 0.6 is 0 Å². The molecule has 0 spiro atoms. The molecule has 4 nitrogen and oxygen atoms in total. The molecule has 3 aromatic rings. The van der Waals surface area contributed by atoms with Gasteiger partial charge >= 0.3 is 0 Å². The number of H-pyrrole nitrogens is 1. The van der Waals surface area contributed by atoms with Crippen molar-refractivity contribution in [3.63, 3.8) is 0 Å². The first-order valence-corrected chi connectivity index (χ1v) is 7.61. The van der Waals surface area contributed by atoms with Crippen LogP contribution < -0.4 is 5.32 Å². The van der Waals surface area contributed by atoms with E-state index < -0.39 is 0 Å². The Hall–Kier alpha value is -3.02. The van der Waals surface area contributed by atoms with Gasteiger partial charge in [-0.2, -0.15) is 5.10 Å². The molecule has 0 radical (unpaired) electrons. The minimum atomic E-state index is -0.339. The van der Waals surface area contributed by atoms with Crippen LogP contribution in [-0.2, 0) is 0 Å². The topological polar surface area (TPSA) is 53.1 Å². The average molecular weight is 324 g/mol. The number of hydrogen-bond acceptors (Lipinski definition) is 3. The van der Waals surface area contributed by atoms with Crippen molar-refractivity contribution in [3.05, 3.63) is 64.9 Å². The molecule has 1 aliphatic rings. The Bertz CT molecular complexity index is 955. The minimum absolute atomic E-state index is 0.276. The molecule has 0 saturated carbocycles. The number of fused-ring (bicyclic) bond motifs is 1. The summed E-state index contributed by atoms with van der Waals surface area (Å²) >= 11 is 0. The molecule has 0 atom stereocenters. The first-order valence-electron chi connectivity index (χ1n) is 7.61. The summed E-state index contributed by atoms with van der Waals surface area (Å²) in [6.07, 6.45) is 3.65. The maximum absolute atomic E-state index is 14.2. The van der Waals surface area contributed by atoms with Gasteiger partial charge in [-0.25, -0.2) is 8.78 Å². The third kappa shape index (κ3) is 2.67. The Labute approximate surface area is 136 Å². The number of nitrogens with one attached hydrogen (secondary N) is 2. The fourth-order valence-corrected chi connectivity index (χ4v) is 2.69. The molecular weight excluding hydrogens is 310 g/mol. The second-order valence-electron chi connectivity index (χ2n) is 5.53.